The number of rotatable bonds is 6. The van der Waals surface area contributed by atoms with Crippen LogP contribution in [0.15, 0.2) is 84.9 Å². The van der Waals surface area contributed by atoms with Crippen molar-refractivity contribution in [3.05, 3.63) is 90.5 Å². The van der Waals surface area contributed by atoms with Gasteiger partial charge >= 0.3 is 18.2 Å². The molecule has 6 nitrogen and oxygen atoms in total. The summed E-state index contributed by atoms with van der Waals surface area (Å²) in [6, 6.07) is 20.8. The van der Waals surface area contributed by atoms with Crippen LogP contribution in [0.25, 0.3) is 0 Å². The normalized spacial score (nSPS) is 10.8. The molecule has 0 heterocycles. The summed E-state index contributed by atoms with van der Waals surface area (Å²) in [6.45, 7) is 0.209. The van der Waals surface area contributed by atoms with Crippen LogP contribution in [0, 0.1) is 0 Å². The molecule has 0 radical (unpaired) electrons. The fraction of sp³-hybridized carbons (Fsp3) is 0.130. The van der Waals surface area contributed by atoms with Crippen LogP contribution < -0.4 is 20.9 Å². The van der Waals surface area contributed by atoms with Gasteiger partial charge in [-0.2, -0.15) is 13.2 Å². The summed E-state index contributed by atoms with van der Waals surface area (Å²) < 4.78 is 38.9. The van der Waals surface area contributed by atoms with Gasteiger partial charge in [-0.3, -0.25) is 4.90 Å². The highest BCUT2D eigenvalue weighted by atomic mass is 19.4. The minimum absolute atomic E-state index is 0.0144. The number of hydrogen-bond donors (Lipinski definition) is 3. The highest BCUT2D eigenvalue weighted by Gasteiger charge is 2.30. The molecule has 3 N–H and O–H groups in total. The standard InChI is InChI=1S/C23H21F3N4O2/c24-23(25,26)17-8-7-11-19(16-17)29-22(32)30(20-12-5-2-6-13-20)15-14-27-21(31)28-18-9-3-1-4-10-18/h1-13,16H,14-15H2,(H,29,32)(H2,27,28,31). The third kappa shape index (κ3) is 6.49. The molecule has 32 heavy (non-hydrogen) atoms. The van der Waals surface area contributed by atoms with Gasteiger partial charge in [-0.15, -0.1) is 0 Å². The summed E-state index contributed by atoms with van der Waals surface area (Å²) in [5.41, 5.74) is 0.302. The molecule has 0 aliphatic rings. The van der Waals surface area contributed by atoms with Gasteiger partial charge < -0.3 is 16.0 Å². The molecule has 0 aliphatic heterocycles. The van der Waals surface area contributed by atoms with Crippen molar-refractivity contribution in [1.82, 2.24) is 5.32 Å². The van der Waals surface area contributed by atoms with Crippen LogP contribution in [-0.2, 0) is 6.18 Å². The lowest BCUT2D eigenvalue weighted by molar-refractivity contribution is -0.137. The number of urea groups is 2. The van der Waals surface area contributed by atoms with E-state index in [0.29, 0.717) is 11.4 Å². The van der Waals surface area contributed by atoms with Gasteiger partial charge in [0.25, 0.3) is 0 Å². The van der Waals surface area contributed by atoms with Crippen LogP contribution in [0.1, 0.15) is 5.56 Å². The van der Waals surface area contributed by atoms with Gasteiger partial charge in [-0.25, -0.2) is 9.59 Å². The van der Waals surface area contributed by atoms with Crippen molar-refractivity contribution in [3.8, 4) is 0 Å². The molecular weight excluding hydrogens is 421 g/mol. The number of benzene rings is 3. The van der Waals surface area contributed by atoms with Crippen molar-refractivity contribution in [3.63, 3.8) is 0 Å². The highest BCUT2D eigenvalue weighted by Crippen LogP contribution is 2.30. The Morgan fingerprint density at radius 1 is 0.781 bits per heavy atom. The lowest BCUT2D eigenvalue weighted by Crippen LogP contribution is -2.42. The second kappa shape index (κ2) is 10.3. The first kappa shape index (κ1) is 22.7. The molecule has 0 unspecified atom stereocenters. The van der Waals surface area contributed by atoms with E-state index in [0.717, 1.165) is 12.1 Å². The van der Waals surface area contributed by atoms with E-state index in [1.54, 1.807) is 54.6 Å². The SMILES string of the molecule is O=C(NCCN(C(=O)Nc1cccc(C(F)(F)F)c1)c1ccccc1)Nc1ccccc1. The summed E-state index contributed by atoms with van der Waals surface area (Å²) >= 11 is 0. The molecule has 3 aromatic rings. The summed E-state index contributed by atoms with van der Waals surface area (Å²) in [5, 5.41) is 7.82. The van der Waals surface area contributed by atoms with E-state index >= 15 is 0 Å². The van der Waals surface area contributed by atoms with Crippen molar-refractivity contribution < 1.29 is 22.8 Å². The molecule has 9 heteroatoms. The monoisotopic (exact) mass is 442 g/mol. The van der Waals surface area contributed by atoms with Gasteiger partial charge in [0.1, 0.15) is 0 Å². The van der Waals surface area contributed by atoms with Gasteiger partial charge in [0, 0.05) is 30.2 Å². The maximum absolute atomic E-state index is 13.0. The fourth-order valence-electron chi connectivity index (χ4n) is 2.90. The molecule has 0 atom stereocenters. The Labute approximate surface area is 183 Å². The minimum Gasteiger partial charge on any atom is -0.336 e. The van der Waals surface area contributed by atoms with E-state index < -0.39 is 23.8 Å². The number of nitrogens with zero attached hydrogens (tertiary/aromatic N) is 1. The molecular formula is C23H21F3N4O2. The Kier molecular flexibility index (Phi) is 7.33. The Balaban J connectivity index is 1.65. The predicted octanol–water partition coefficient (Wildman–Crippen LogP) is 5.57. The quantitative estimate of drug-likeness (QED) is 0.467. The zero-order valence-corrected chi connectivity index (χ0v) is 16.9. The van der Waals surface area contributed by atoms with E-state index in [1.165, 1.54) is 17.0 Å². The van der Waals surface area contributed by atoms with Crippen LogP contribution in [0.2, 0.25) is 0 Å². The summed E-state index contributed by atoms with van der Waals surface area (Å²) in [5.74, 6) is 0. The molecule has 4 amide bonds. The third-order valence-corrected chi connectivity index (χ3v) is 4.41. The van der Waals surface area contributed by atoms with Crippen molar-refractivity contribution in [2.75, 3.05) is 28.6 Å². The zero-order valence-electron chi connectivity index (χ0n) is 16.9. The number of halogens is 3. The number of nitrogens with one attached hydrogen (secondary N) is 3. The average molecular weight is 442 g/mol. The lowest BCUT2D eigenvalue weighted by atomic mass is 10.2. The number of hydrogen-bond acceptors (Lipinski definition) is 2. The van der Waals surface area contributed by atoms with Crippen LogP contribution in [0.5, 0.6) is 0 Å². The molecule has 3 aromatic carbocycles. The topological polar surface area (TPSA) is 73.5 Å². The molecule has 3 rings (SSSR count). The van der Waals surface area contributed by atoms with Gasteiger partial charge in [-0.1, -0.05) is 42.5 Å². The van der Waals surface area contributed by atoms with Crippen LogP contribution in [-0.4, -0.2) is 25.2 Å². The van der Waals surface area contributed by atoms with E-state index in [1.807, 2.05) is 6.07 Å². The molecule has 0 bridgehead atoms. The number of carbonyl (C=O) groups excluding carboxylic acids is 2. The Bertz CT molecular complexity index is 1040. The first-order valence-corrected chi connectivity index (χ1v) is 9.73. The largest absolute Gasteiger partial charge is 0.416 e. The molecule has 0 aromatic heterocycles. The highest BCUT2D eigenvalue weighted by molar-refractivity contribution is 6.01. The molecule has 0 fully saturated rings. The van der Waals surface area contributed by atoms with E-state index in [2.05, 4.69) is 16.0 Å². The van der Waals surface area contributed by atoms with Gasteiger partial charge in [0.05, 0.1) is 5.56 Å². The first-order valence-electron chi connectivity index (χ1n) is 9.73. The molecule has 0 saturated heterocycles. The fourth-order valence-corrected chi connectivity index (χ4v) is 2.90. The van der Waals surface area contributed by atoms with Crippen LogP contribution in [0.3, 0.4) is 0 Å². The number of anilines is 3. The third-order valence-electron chi connectivity index (χ3n) is 4.41. The van der Waals surface area contributed by atoms with Gasteiger partial charge in [-0.05, 0) is 42.5 Å². The Hall–Kier alpha value is -4.01. The van der Waals surface area contributed by atoms with Crippen LogP contribution in [0.4, 0.5) is 39.8 Å². The maximum Gasteiger partial charge on any atom is 0.416 e. The molecule has 166 valence electrons. The Morgan fingerprint density at radius 3 is 2.06 bits per heavy atom. The summed E-state index contributed by atoms with van der Waals surface area (Å²) in [6.07, 6.45) is -4.52. The second-order valence-electron chi connectivity index (χ2n) is 6.74. The number of para-hydroxylation sites is 2. The van der Waals surface area contributed by atoms with Crippen molar-refractivity contribution in [2.24, 2.45) is 0 Å². The zero-order chi connectivity index (χ0) is 23.0. The number of amides is 4. The summed E-state index contributed by atoms with van der Waals surface area (Å²) in [4.78, 5) is 26.3. The van der Waals surface area contributed by atoms with Crippen molar-refractivity contribution in [1.29, 1.82) is 0 Å². The molecule has 0 aliphatic carbocycles. The molecule has 0 saturated carbocycles. The predicted molar refractivity (Wildman–Crippen MR) is 118 cm³/mol. The number of carbonyl (C=O) groups is 2. The second-order valence-corrected chi connectivity index (χ2v) is 6.74. The van der Waals surface area contributed by atoms with Crippen LogP contribution >= 0.6 is 0 Å². The number of alkyl halides is 3. The van der Waals surface area contributed by atoms with Crippen molar-refractivity contribution >= 4 is 29.1 Å². The Morgan fingerprint density at radius 2 is 1.41 bits per heavy atom. The maximum atomic E-state index is 13.0. The van der Waals surface area contributed by atoms with E-state index in [9.17, 15) is 22.8 Å². The average Bonchev–Trinajstić information content (AvgIpc) is 2.77. The smallest absolute Gasteiger partial charge is 0.336 e. The summed E-state index contributed by atoms with van der Waals surface area (Å²) in [7, 11) is 0. The van der Waals surface area contributed by atoms with Crippen molar-refractivity contribution in [2.45, 2.75) is 6.18 Å². The van der Waals surface area contributed by atoms with E-state index in [-0.39, 0.29) is 18.8 Å². The minimum atomic E-state index is -4.52. The van der Waals surface area contributed by atoms with E-state index in [4.69, 9.17) is 0 Å². The van der Waals surface area contributed by atoms with Gasteiger partial charge in [0.2, 0.25) is 0 Å². The van der Waals surface area contributed by atoms with Gasteiger partial charge in [0.15, 0.2) is 0 Å². The lowest BCUT2D eigenvalue weighted by Gasteiger charge is -2.23. The molecule has 0 spiro atoms. The first-order chi connectivity index (χ1) is 15.3.